The maximum absolute atomic E-state index is 12.7. The fourth-order valence-corrected chi connectivity index (χ4v) is 3.20. The number of rotatable bonds is 6. The van der Waals surface area contributed by atoms with E-state index in [1.54, 1.807) is 60.7 Å². The van der Waals surface area contributed by atoms with Gasteiger partial charge in [0.15, 0.2) is 0 Å². The van der Waals surface area contributed by atoms with Gasteiger partial charge in [-0.25, -0.2) is 0 Å². The highest BCUT2D eigenvalue weighted by Gasteiger charge is 2.20. The number of amides is 3. The summed E-state index contributed by atoms with van der Waals surface area (Å²) in [6.07, 6.45) is -0.0961. The van der Waals surface area contributed by atoms with Crippen LogP contribution < -0.4 is 16.2 Å². The maximum atomic E-state index is 12.7. The zero-order chi connectivity index (χ0) is 22.2. The van der Waals surface area contributed by atoms with Gasteiger partial charge in [0.2, 0.25) is 5.91 Å². The van der Waals surface area contributed by atoms with Gasteiger partial charge in [-0.05, 0) is 42.0 Å². The molecule has 0 spiro atoms. The maximum Gasteiger partial charge on any atom is 0.269 e. The Labute approximate surface area is 189 Å². The van der Waals surface area contributed by atoms with Crippen molar-refractivity contribution < 1.29 is 14.4 Å². The van der Waals surface area contributed by atoms with Gasteiger partial charge < -0.3 is 5.32 Å². The predicted octanol–water partition coefficient (Wildman–Crippen LogP) is 4.32. The van der Waals surface area contributed by atoms with Gasteiger partial charge in [0, 0.05) is 10.6 Å². The van der Waals surface area contributed by atoms with Crippen LogP contribution in [0, 0.1) is 0 Å². The molecule has 158 valence electrons. The molecule has 3 aromatic rings. The Kier molecular flexibility index (Phi) is 7.65. The van der Waals surface area contributed by atoms with Crippen LogP contribution in [0.3, 0.4) is 0 Å². The molecule has 31 heavy (non-hydrogen) atoms. The third-order valence-electron chi connectivity index (χ3n) is 4.44. The molecule has 0 unspecified atom stereocenters. The second kappa shape index (κ2) is 10.6. The molecule has 0 aliphatic carbocycles. The average Bonchev–Trinajstić information content (AvgIpc) is 2.78. The van der Waals surface area contributed by atoms with Crippen molar-refractivity contribution >= 4 is 40.9 Å². The Morgan fingerprint density at radius 1 is 0.742 bits per heavy atom. The zero-order valence-electron chi connectivity index (χ0n) is 16.3. The van der Waals surface area contributed by atoms with Crippen molar-refractivity contribution in [3.63, 3.8) is 0 Å². The quantitative estimate of drug-likeness (QED) is 0.483. The molecule has 0 saturated heterocycles. The van der Waals surface area contributed by atoms with Crippen molar-refractivity contribution in [2.24, 2.45) is 0 Å². The number of hydrogen-bond donors (Lipinski definition) is 3. The molecule has 0 heterocycles. The first-order chi connectivity index (χ1) is 14.9. The fourth-order valence-electron chi connectivity index (χ4n) is 2.86. The largest absolute Gasteiger partial charge is 0.345 e. The summed E-state index contributed by atoms with van der Waals surface area (Å²) >= 11 is 11.9. The Morgan fingerprint density at radius 3 is 2.06 bits per heavy atom. The summed E-state index contributed by atoms with van der Waals surface area (Å²) in [5.41, 5.74) is 6.11. The molecule has 0 bridgehead atoms. The highest BCUT2D eigenvalue weighted by Crippen LogP contribution is 2.20. The zero-order valence-corrected chi connectivity index (χ0v) is 17.8. The minimum Gasteiger partial charge on any atom is -0.345 e. The number of nitrogens with one attached hydrogen (secondary N) is 3. The molecule has 6 nitrogen and oxygen atoms in total. The monoisotopic (exact) mass is 455 g/mol. The van der Waals surface area contributed by atoms with Crippen LogP contribution in [-0.4, -0.2) is 17.7 Å². The second-order valence-corrected chi connectivity index (χ2v) is 7.47. The number of carbonyl (C=O) groups is 3. The summed E-state index contributed by atoms with van der Waals surface area (Å²) in [6.45, 7) is 0. The van der Waals surface area contributed by atoms with E-state index in [1.807, 2.05) is 18.2 Å². The minimum absolute atomic E-state index is 0.0961. The smallest absolute Gasteiger partial charge is 0.269 e. The predicted molar refractivity (Wildman–Crippen MR) is 120 cm³/mol. The topological polar surface area (TPSA) is 87.3 Å². The molecule has 0 fully saturated rings. The molecule has 0 aromatic heterocycles. The van der Waals surface area contributed by atoms with Crippen LogP contribution in [0.5, 0.6) is 0 Å². The molecule has 0 saturated carbocycles. The van der Waals surface area contributed by atoms with Crippen LogP contribution in [0.1, 0.15) is 38.7 Å². The first-order valence-corrected chi connectivity index (χ1v) is 10.1. The van der Waals surface area contributed by atoms with Crippen molar-refractivity contribution in [1.82, 2.24) is 16.2 Å². The van der Waals surface area contributed by atoms with E-state index >= 15 is 0 Å². The Bertz CT molecular complexity index is 1070. The van der Waals surface area contributed by atoms with Gasteiger partial charge in [0.25, 0.3) is 11.8 Å². The van der Waals surface area contributed by atoms with Gasteiger partial charge in [0.05, 0.1) is 23.0 Å². The summed E-state index contributed by atoms with van der Waals surface area (Å²) in [4.78, 5) is 37.3. The normalized spacial score (nSPS) is 11.3. The van der Waals surface area contributed by atoms with E-state index < -0.39 is 23.8 Å². The van der Waals surface area contributed by atoms with Crippen LogP contribution in [0.25, 0.3) is 0 Å². The third-order valence-corrected chi connectivity index (χ3v) is 5.02. The van der Waals surface area contributed by atoms with Crippen LogP contribution >= 0.6 is 23.2 Å². The van der Waals surface area contributed by atoms with Gasteiger partial charge in [-0.1, -0.05) is 65.7 Å². The lowest BCUT2D eigenvalue weighted by Gasteiger charge is -2.19. The Morgan fingerprint density at radius 2 is 1.39 bits per heavy atom. The van der Waals surface area contributed by atoms with Crippen LogP contribution in [0.2, 0.25) is 10.0 Å². The van der Waals surface area contributed by atoms with Gasteiger partial charge in [-0.3, -0.25) is 25.2 Å². The summed E-state index contributed by atoms with van der Waals surface area (Å²) < 4.78 is 0. The lowest BCUT2D eigenvalue weighted by molar-refractivity contribution is -0.122. The first-order valence-electron chi connectivity index (χ1n) is 9.39. The van der Waals surface area contributed by atoms with Crippen molar-refractivity contribution in [2.75, 3.05) is 0 Å². The highest BCUT2D eigenvalue weighted by molar-refractivity contribution is 6.33. The van der Waals surface area contributed by atoms with Gasteiger partial charge in [-0.15, -0.1) is 0 Å². The minimum atomic E-state index is -0.627. The van der Waals surface area contributed by atoms with E-state index in [4.69, 9.17) is 23.2 Å². The molecule has 3 N–H and O–H groups in total. The SMILES string of the molecule is O=C(C[C@@H](NC(=O)c1ccccc1Cl)c1ccccc1)NNC(=O)c1ccc(Cl)cc1. The Balaban J connectivity index is 1.66. The summed E-state index contributed by atoms with van der Waals surface area (Å²) in [5.74, 6) is -1.37. The number of hydrogen-bond acceptors (Lipinski definition) is 3. The van der Waals surface area contributed by atoms with Gasteiger partial charge in [0.1, 0.15) is 0 Å². The fraction of sp³-hybridized carbons (Fsp3) is 0.0870. The van der Waals surface area contributed by atoms with E-state index in [0.717, 1.165) is 5.56 Å². The number of halogens is 2. The lowest BCUT2D eigenvalue weighted by atomic mass is 10.0. The average molecular weight is 456 g/mol. The first kappa shape index (κ1) is 22.3. The molecule has 8 heteroatoms. The molecule has 3 amide bonds. The number of carbonyl (C=O) groups excluding carboxylic acids is 3. The highest BCUT2D eigenvalue weighted by atomic mass is 35.5. The van der Waals surface area contributed by atoms with E-state index in [9.17, 15) is 14.4 Å². The van der Waals surface area contributed by atoms with E-state index in [1.165, 1.54) is 0 Å². The molecule has 1 atom stereocenters. The van der Waals surface area contributed by atoms with Gasteiger partial charge >= 0.3 is 0 Å². The summed E-state index contributed by atoms with van der Waals surface area (Å²) in [6, 6.07) is 21.3. The molecule has 3 aromatic carbocycles. The molecule has 0 aliphatic rings. The third kappa shape index (κ3) is 6.31. The molecule has 0 aliphatic heterocycles. The number of hydrazine groups is 1. The second-order valence-electron chi connectivity index (χ2n) is 6.63. The van der Waals surface area contributed by atoms with Crippen molar-refractivity contribution in [3.05, 3.63) is 106 Å². The van der Waals surface area contributed by atoms with E-state index in [0.29, 0.717) is 21.2 Å². The van der Waals surface area contributed by atoms with Crippen molar-refractivity contribution in [1.29, 1.82) is 0 Å². The standard InChI is InChI=1S/C23H19Cl2N3O3/c24-17-12-10-16(11-13-17)22(30)28-27-21(29)14-20(15-6-2-1-3-7-15)26-23(31)18-8-4-5-9-19(18)25/h1-13,20H,14H2,(H,26,31)(H,27,29)(H,28,30)/t20-/m1/s1. The molecule has 3 rings (SSSR count). The van der Waals surface area contributed by atoms with E-state index in [2.05, 4.69) is 16.2 Å². The van der Waals surface area contributed by atoms with Crippen LogP contribution in [-0.2, 0) is 4.79 Å². The lowest BCUT2D eigenvalue weighted by Crippen LogP contribution is -2.43. The van der Waals surface area contributed by atoms with Crippen molar-refractivity contribution in [2.45, 2.75) is 12.5 Å². The molecule has 0 radical (unpaired) electrons. The number of benzene rings is 3. The molecular weight excluding hydrogens is 437 g/mol. The summed E-state index contributed by atoms with van der Waals surface area (Å²) in [7, 11) is 0. The molecular formula is C23H19Cl2N3O3. The van der Waals surface area contributed by atoms with Crippen LogP contribution in [0.15, 0.2) is 78.9 Å². The van der Waals surface area contributed by atoms with Crippen molar-refractivity contribution in [3.8, 4) is 0 Å². The van der Waals surface area contributed by atoms with Crippen LogP contribution in [0.4, 0.5) is 0 Å². The van der Waals surface area contributed by atoms with E-state index in [-0.39, 0.29) is 6.42 Å². The van der Waals surface area contributed by atoms with Gasteiger partial charge in [-0.2, -0.15) is 0 Å². The summed E-state index contributed by atoms with van der Waals surface area (Å²) in [5, 5.41) is 3.65. The Hall–Kier alpha value is -3.35.